The van der Waals surface area contributed by atoms with E-state index in [1.807, 2.05) is 4.90 Å². The number of carbonyl (C=O) groups excluding carboxylic acids is 1. The summed E-state index contributed by atoms with van der Waals surface area (Å²) in [5.41, 5.74) is 0.605. The molecule has 0 bridgehead atoms. The molecule has 0 atom stereocenters. The lowest BCUT2D eigenvalue weighted by Gasteiger charge is -2.25. The highest BCUT2D eigenvalue weighted by Crippen LogP contribution is 2.29. The SMILES string of the molecule is O=C(C=CN1CCOCC1)N(Cc1ncc(-c2nnc(C(F)F)o2)s1)c1cccnc1. The maximum absolute atomic E-state index is 13.0. The van der Waals surface area contributed by atoms with Crippen LogP contribution in [0.4, 0.5) is 14.5 Å². The van der Waals surface area contributed by atoms with Gasteiger partial charge in [0.15, 0.2) is 0 Å². The van der Waals surface area contributed by atoms with Crippen LogP contribution in [-0.4, -0.2) is 57.3 Å². The second-order valence-electron chi connectivity index (χ2n) is 6.46. The van der Waals surface area contributed by atoms with Crippen LogP contribution >= 0.6 is 11.3 Å². The third-order valence-electron chi connectivity index (χ3n) is 4.38. The molecular weight excluding hydrogens is 430 g/mol. The first kappa shape index (κ1) is 21.0. The summed E-state index contributed by atoms with van der Waals surface area (Å²) in [6.07, 6.45) is 5.07. The number of hydrogen-bond donors (Lipinski definition) is 0. The number of aromatic nitrogens is 4. The van der Waals surface area contributed by atoms with Crippen molar-refractivity contribution >= 4 is 22.9 Å². The molecule has 0 unspecified atom stereocenters. The van der Waals surface area contributed by atoms with Crippen LogP contribution in [0.3, 0.4) is 0 Å². The van der Waals surface area contributed by atoms with Crippen LogP contribution in [0.2, 0.25) is 0 Å². The minimum atomic E-state index is -2.84. The first-order valence-electron chi connectivity index (χ1n) is 9.38. The van der Waals surface area contributed by atoms with Gasteiger partial charge in [-0.1, -0.05) is 0 Å². The molecule has 4 heterocycles. The summed E-state index contributed by atoms with van der Waals surface area (Å²) >= 11 is 1.18. The quantitative estimate of drug-likeness (QED) is 0.509. The number of amides is 1. The van der Waals surface area contributed by atoms with Gasteiger partial charge < -0.3 is 19.0 Å². The lowest BCUT2D eigenvalue weighted by atomic mass is 10.3. The molecule has 0 saturated carbocycles. The van der Waals surface area contributed by atoms with E-state index in [9.17, 15) is 13.6 Å². The van der Waals surface area contributed by atoms with Crippen molar-refractivity contribution in [1.29, 1.82) is 0 Å². The average Bonchev–Trinajstić information content (AvgIpc) is 3.47. The van der Waals surface area contributed by atoms with E-state index in [1.54, 1.807) is 30.7 Å². The van der Waals surface area contributed by atoms with Crippen molar-refractivity contribution in [3.63, 3.8) is 0 Å². The van der Waals surface area contributed by atoms with Crippen molar-refractivity contribution in [2.45, 2.75) is 13.0 Å². The molecular formula is C19H18F2N6O3S. The van der Waals surface area contributed by atoms with Crippen molar-refractivity contribution in [2.75, 3.05) is 31.2 Å². The van der Waals surface area contributed by atoms with Crippen LogP contribution in [-0.2, 0) is 16.1 Å². The number of rotatable bonds is 7. The molecule has 0 aromatic carbocycles. The van der Waals surface area contributed by atoms with Crippen LogP contribution < -0.4 is 4.90 Å². The molecule has 0 aliphatic carbocycles. The van der Waals surface area contributed by atoms with E-state index in [-0.39, 0.29) is 18.3 Å². The topological polar surface area (TPSA) is 97.5 Å². The van der Waals surface area contributed by atoms with Crippen LogP contribution in [0, 0.1) is 0 Å². The molecule has 0 N–H and O–H groups in total. The molecule has 12 heteroatoms. The number of carbonyl (C=O) groups is 1. The Bertz CT molecular complexity index is 1040. The molecule has 9 nitrogen and oxygen atoms in total. The molecule has 4 rings (SSSR count). The van der Waals surface area contributed by atoms with E-state index in [2.05, 4.69) is 20.2 Å². The number of thiazole rings is 1. The van der Waals surface area contributed by atoms with Gasteiger partial charge in [-0.25, -0.2) is 4.98 Å². The number of nitrogens with zero attached hydrogens (tertiary/aromatic N) is 6. The van der Waals surface area contributed by atoms with Gasteiger partial charge in [-0.15, -0.1) is 21.5 Å². The fraction of sp³-hybridized carbons (Fsp3) is 0.316. The molecule has 31 heavy (non-hydrogen) atoms. The summed E-state index contributed by atoms with van der Waals surface area (Å²) in [6.45, 7) is 2.85. The monoisotopic (exact) mass is 448 g/mol. The minimum Gasteiger partial charge on any atom is -0.414 e. The Morgan fingerprint density at radius 3 is 2.84 bits per heavy atom. The van der Waals surface area contributed by atoms with Crippen molar-refractivity contribution in [1.82, 2.24) is 25.1 Å². The van der Waals surface area contributed by atoms with Gasteiger partial charge in [-0.05, 0) is 12.1 Å². The summed E-state index contributed by atoms with van der Waals surface area (Å²) in [6, 6.07) is 3.51. The summed E-state index contributed by atoms with van der Waals surface area (Å²) in [7, 11) is 0. The van der Waals surface area contributed by atoms with Gasteiger partial charge >= 0.3 is 6.43 Å². The Hall–Kier alpha value is -3.25. The number of pyridine rings is 1. The van der Waals surface area contributed by atoms with Gasteiger partial charge in [0, 0.05) is 31.6 Å². The molecule has 3 aromatic rings. The van der Waals surface area contributed by atoms with E-state index in [0.29, 0.717) is 28.8 Å². The predicted octanol–water partition coefficient (Wildman–Crippen LogP) is 2.90. The van der Waals surface area contributed by atoms with Crippen LogP contribution in [0.15, 0.2) is 47.4 Å². The van der Waals surface area contributed by atoms with E-state index in [0.717, 1.165) is 13.1 Å². The van der Waals surface area contributed by atoms with Crippen LogP contribution in [0.1, 0.15) is 17.3 Å². The van der Waals surface area contributed by atoms with Gasteiger partial charge in [0.1, 0.15) is 9.88 Å². The zero-order valence-corrected chi connectivity index (χ0v) is 17.0. The number of halogens is 2. The third kappa shape index (κ3) is 5.27. The number of anilines is 1. The second kappa shape index (κ2) is 9.71. The molecule has 162 valence electrons. The lowest BCUT2D eigenvalue weighted by Crippen LogP contribution is -2.33. The fourth-order valence-electron chi connectivity index (χ4n) is 2.84. The van der Waals surface area contributed by atoms with Crippen LogP contribution in [0.25, 0.3) is 10.8 Å². The fourth-order valence-corrected chi connectivity index (χ4v) is 3.66. The molecule has 1 aliphatic rings. The van der Waals surface area contributed by atoms with E-state index >= 15 is 0 Å². The van der Waals surface area contributed by atoms with Gasteiger partial charge in [0.2, 0.25) is 0 Å². The molecule has 1 saturated heterocycles. The standard InChI is InChI=1S/C19H18F2N6O3S/c20-17(21)19-25-24-18(30-19)14-11-23-15(31-14)12-27(13-2-1-4-22-10-13)16(28)3-5-26-6-8-29-9-7-26/h1-5,10-11,17H,6-9,12H2. The highest BCUT2D eigenvalue weighted by molar-refractivity contribution is 7.15. The van der Waals surface area contributed by atoms with Gasteiger partial charge in [0.25, 0.3) is 17.7 Å². The summed E-state index contributed by atoms with van der Waals surface area (Å²) < 4.78 is 35.6. The molecule has 0 spiro atoms. The second-order valence-corrected chi connectivity index (χ2v) is 7.58. The molecule has 1 fully saturated rings. The zero-order chi connectivity index (χ0) is 21.6. The molecule has 1 aliphatic heterocycles. The van der Waals surface area contributed by atoms with Gasteiger partial charge in [0.05, 0.1) is 37.8 Å². The van der Waals surface area contributed by atoms with E-state index in [4.69, 9.17) is 9.15 Å². The zero-order valence-electron chi connectivity index (χ0n) is 16.2. The number of alkyl halides is 2. The highest BCUT2D eigenvalue weighted by atomic mass is 32.1. The van der Waals surface area contributed by atoms with Crippen molar-refractivity contribution in [2.24, 2.45) is 0 Å². The van der Waals surface area contributed by atoms with Gasteiger partial charge in [-0.2, -0.15) is 8.78 Å². The first-order valence-corrected chi connectivity index (χ1v) is 10.2. The summed E-state index contributed by atoms with van der Waals surface area (Å²) in [5.74, 6) is -1.02. The number of hydrogen-bond acceptors (Lipinski definition) is 9. The maximum Gasteiger partial charge on any atom is 0.314 e. The molecule has 3 aromatic heterocycles. The highest BCUT2D eigenvalue weighted by Gasteiger charge is 2.21. The Labute approximate surface area is 180 Å². The van der Waals surface area contributed by atoms with E-state index in [1.165, 1.54) is 28.5 Å². The largest absolute Gasteiger partial charge is 0.414 e. The average molecular weight is 448 g/mol. The normalized spacial score (nSPS) is 14.5. The Morgan fingerprint density at radius 2 is 2.13 bits per heavy atom. The Balaban J connectivity index is 1.52. The minimum absolute atomic E-state index is 0.0366. The Morgan fingerprint density at radius 1 is 1.29 bits per heavy atom. The maximum atomic E-state index is 13.0. The van der Waals surface area contributed by atoms with Gasteiger partial charge in [-0.3, -0.25) is 9.78 Å². The number of ether oxygens (including phenoxy) is 1. The smallest absolute Gasteiger partial charge is 0.314 e. The molecule has 0 radical (unpaired) electrons. The van der Waals surface area contributed by atoms with E-state index < -0.39 is 12.3 Å². The summed E-state index contributed by atoms with van der Waals surface area (Å²) in [5, 5.41) is 7.53. The van der Waals surface area contributed by atoms with Crippen molar-refractivity contribution in [3.05, 3.63) is 53.9 Å². The Kier molecular flexibility index (Phi) is 6.57. The predicted molar refractivity (Wildman–Crippen MR) is 107 cm³/mol. The third-order valence-corrected chi connectivity index (χ3v) is 5.35. The van der Waals surface area contributed by atoms with Crippen molar-refractivity contribution in [3.8, 4) is 10.8 Å². The lowest BCUT2D eigenvalue weighted by molar-refractivity contribution is -0.114. The van der Waals surface area contributed by atoms with Crippen LogP contribution in [0.5, 0.6) is 0 Å². The number of morpholine rings is 1. The summed E-state index contributed by atoms with van der Waals surface area (Å²) in [4.78, 5) is 25.3. The van der Waals surface area contributed by atoms with Crippen molar-refractivity contribution < 1.29 is 22.7 Å². The first-order chi connectivity index (χ1) is 15.1. The molecule has 1 amide bonds.